The highest BCUT2D eigenvalue weighted by Gasteiger charge is 2.15. The maximum atomic E-state index is 11.3. The minimum Gasteiger partial charge on any atom is -0.465 e. The van der Waals surface area contributed by atoms with Crippen molar-refractivity contribution in [3.8, 4) is 0 Å². The molecule has 1 aromatic carbocycles. The smallest absolute Gasteiger partial charge is 0.337 e. The number of rotatable bonds is 2. The Morgan fingerprint density at radius 3 is 2.72 bits per heavy atom. The lowest BCUT2D eigenvalue weighted by Gasteiger charge is -2.18. The molecular weight excluding hydrogens is 268 g/mol. The van der Waals surface area contributed by atoms with Crippen LogP contribution in [0.4, 0.5) is 5.69 Å². The number of methoxy groups -OCH3 is 1. The lowest BCUT2D eigenvalue weighted by Crippen LogP contribution is -2.31. The van der Waals surface area contributed by atoms with Gasteiger partial charge in [-0.25, -0.2) is 4.79 Å². The van der Waals surface area contributed by atoms with Gasteiger partial charge in [-0.1, -0.05) is 0 Å². The van der Waals surface area contributed by atoms with E-state index in [1.807, 2.05) is 23.9 Å². The van der Waals surface area contributed by atoms with Crippen LogP contribution in [-0.2, 0) is 4.74 Å². The normalized spacial score (nSPS) is 14.4. The SMILES string of the molecule is COC(=O)c1ccc(NC(=S)N2CCSC2)cc1. The average Bonchev–Trinajstić information content (AvgIpc) is 2.92. The molecule has 0 spiro atoms. The van der Waals surface area contributed by atoms with E-state index in [4.69, 9.17) is 12.2 Å². The summed E-state index contributed by atoms with van der Waals surface area (Å²) in [5.41, 5.74) is 1.41. The zero-order chi connectivity index (χ0) is 13.0. The van der Waals surface area contributed by atoms with Crippen molar-refractivity contribution in [2.24, 2.45) is 0 Å². The van der Waals surface area contributed by atoms with Crippen LogP contribution in [0, 0.1) is 0 Å². The number of carbonyl (C=O) groups is 1. The van der Waals surface area contributed by atoms with E-state index in [1.165, 1.54) is 7.11 Å². The third kappa shape index (κ3) is 3.14. The Balaban J connectivity index is 1.97. The van der Waals surface area contributed by atoms with Gasteiger partial charge in [-0.15, -0.1) is 11.8 Å². The van der Waals surface area contributed by atoms with Crippen molar-refractivity contribution in [2.75, 3.05) is 30.6 Å². The third-order valence-corrected chi connectivity index (χ3v) is 3.92. The fourth-order valence-corrected chi connectivity index (χ4v) is 2.90. The zero-order valence-electron chi connectivity index (χ0n) is 10.0. The predicted octanol–water partition coefficient (Wildman–Crippen LogP) is 2.18. The van der Waals surface area contributed by atoms with Crippen molar-refractivity contribution in [2.45, 2.75) is 0 Å². The average molecular weight is 282 g/mol. The zero-order valence-corrected chi connectivity index (χ0v) is 11.6. The molecule has 1 aromatic rings. The molecule has 96 valence electrons. The summed E-state index contributed by atoms with van der Waals surface area (Å²) in [7, 11) is 1.37. The Labute approximate surface area is 116 Å². The van der Waals surface area contributed by atoms with Crippen LogP contribution < -0.4 is 5.32 Å². The molecule has 4 nitrogen and oxygen atoms in total. The van der Waals surface area contributed by atoms with E-state index in [0.29, 0.717) is 5.56 Å². The molecule has 0 unspecified atom stereocenters. The van der Waals surface area contributed by atoms with Gasteiger partial charge in [0.15, 0.2) is 5.11 Å². The highest BCUT2D eigenvalue weighted by Crippen LogP contribution is 2.16. The summed E-state index contributed by atoms with van der Waals surface area (Å²) in [5.74, 6) is 1.72. The number of hydrogen-bond donors (Lipinski definition) is 1. The summed E-state index contributed by atoms with van der Waals surface area (Å²) in [5, 5.41) is 3.89. The van der Waals surface area contributed by atoms with Crippen LogP contribution in [0.3, 0.4) is 0 Å². The number of hydrogen-bond acceptors (Lipinski definition) is 4. The first-order valence-electron chi connectivity index (χ1n) is 5.53. The van der Waals surface area contributed by atoms with Crippen molar-refractivity contribution in [3.63, 3.8) is 0 Å². The topological polar surface area (TPSA) is 41.6 Å². The van der Waals surface area contributed by atoms with E-state index in [9.17, 15) is 4.79 Å². The highest BCUT2D eigenvalue weighted by atomic mass is 32.2. The van der Waals surface area contributed by atoms with Gasteiger partial charge in [0.25, 0.3) is 0 Å². The second-order valence-electron chi connectivity index (χ2n) is 3.80. The van der Waals surface area contributed by atoms with Gasteiger partial charge >= 0.3 is 5.97 Å². The van der Waals surface area contributed by atoms with Crippen molar-refractivity contribution in [1.29, 1.82) is 0 Å². The van der Waals surface area contributed by atoms with Crippen molar-refractivity contribution >= 4 is 40.7 Å². The first-order chi connectivity index (χ1) is 8.70. The molecule has 1 N–H and O–H groups in total. The van der Waals surface area contributed by atoms with Gasteiger partial charge in [0.1, 0.15) is 0 Å². The quantitative estimate of drug-likeness (QED) is 0.662. The maximum absolute atomic E-state index is 11.3. The molecule has 1 aliphatic rings. The Bertz CT molecular complexity index is 442. The summed E-state index contributed by atoms with van der Waals surface area (Å²) in [6.07, 6.45) is 0. The number of benzene rings is 1. The monoisotopic (exact) mass is 282 g/mol. The molecule has 1 fully saturated rings. The van der Waals surface area contributed by atoms with E-state index < -0.39 is 0 Å². The van der Waals surface area contributed by atoms with Gasteiger partial charge < -0.3 is 15.0 Å². The standard InChI is InChI=1S/C12H14N2O2S2/c1-16-11(15)9-2-4-10(5-3-9)13-12(17)14-6-7-18-8-14/h2-5H,6-8H2,1H3,(H,13,17). The molecule has 0 aromatic heterocycles. The summed E-state index contributed by atoms with van der Waals surface area (Å²) in [6.45, 7) is 0.983. The second kappa shape index (κ2) is 6.06. The summed E-state index contributed by atoms with van der Waals surface area (Å²) in [4.78, 5) is 13.4. The molecule has 0 aliphatic carbocycles. The number of nitrogens with one attached hydrogen (secondary N) is 1. The van der Waals surface area contributed by atoms with Gasteiger partial charge in [-0.05, 0) is 36.5 Å². The Hall–Kier alpha value is -1.27. The molecule has 0 amide bonds. The number of nitrogens with zero attached hydrogens (tertiary/aromatic N) is 1. The van der Waals surface area contributed by atoms with E-state index >= 15 is 0 Å². The fourth-order valence-electron chi connectivity index (χ4n) is 1.58. The van der Waals surface area contributed by atoms with Crippen LogP contribution in [0.2, 0.25) is 0 Å². The summed E-state index contributed by atoms with van der Waals surface area (Å²) < 4.78 is 4.64. The Morgan fingerprint density at radius 2 is 2.17 bits per heavy atom. The van der Waals surface area contributed by atoms with Crippen LogP contribution in [0.25, 0.3) is 0 Å². The van der Waals surface area contributed by atoms with Gasteiger partial charge in [0, 0.05) is 18.0 Å². The number of carbonyl (C=O) groups excluding carboxylic acids is 1. The molecule has 0 radical (unpaired) electrons. The van der Waals surface area contributed by atoms with E-state index in [0.717, 1.165) is 29.0 Å². The van der Waals surface area contributed by atoms with Gasteiger partial charge in [0.05, 0.1) is 18.6 Å². The Kier molecular flexibility index (Phi) is 4.43. The number of anilines is 1. The fraction of sp³-hybridized carbons (Fsp3) is 0.333. The highest BCUT2D eigenvalue weighted by molar-refractivity contribution is 7.99. The number of esters is 1. The molecule has 0 bridgehead atoms. The molecule has 0 atom stereocenters. The van der Waals surface area contributed by atoms with Crippen LogP contribution in [-0.4, -0.2) is 41.3 Å². The van der Waals surface area contributed by atoms with E-state index in [-0.39, 0.29) is 5.97 Å². The lowest BCUT2D eigenvalue weighted by molar-refractivity contribution is 0.0601. The minimum absolute atomic E-state index is 0.333. The molecular formula is C12H14N2O2S2. The van der Waals surface area contributed by atoms with Crippen molar-refractivity contribution in [3.05, 3.63) is 29.8 Å². The van der Waals surface area contributed by atoms with E-state index in [2.05, 4.69) is 15.0 Å². The molecule has 1 aliphatic heterocycles. The van der Waals surface area contributed by atoms with Gasteiger partial charge in [0.2, 0.25) is 0 Å². The van der Waals surface area contributed by atoms with Crippen molar-refractivity contribution in [1.82, 2.24) is 4.90 Å². The lowest BCUT2D eigenvalue weighted by atomic mass is 10.2. The number of ether oxygens (including phenoxy) is 1. The predicted molar refractivity (Wildman–Crippen MR) is 78.0 cm³/mol. The van der Waals surface area contributed by atoms with Crippen LogP contribution in [0.15, 0.2) is 24.3 Å². The molecule has 18 heavy (non-hydrogen) atoms. The van der Waals surface area contributed by atoms with Gasteiger partial charge in [-0.2, -0.15) is 0 Å². The van der Waals surface area contributed by atoms with Crippen LogP contribution in [0.1, 0.15) is 10.4 Å². The molecule has 6 heteroatoms. The largest absolute Gasteiger partial charge is 0.465 e. The first-order valence-corrected chi connectivity index (χ1v) is 7.09. The summed E-state index contributed by atoms with van der Waals surface area (Å²) >= 11 is 7.18. The van der Waals surface area contributed by atoms with Gasteiger partial charge in [-0.3, -0.25) is 0 Å². The molecule has 0 saturated carbocycles. The third-order valence-electron chi connectivity index (χ3n) is 2.60. The Morgan fingerprint density at radius 1 is 1.44 bits per heavy atom. The second-order valence-corrected chi connectivity index (χ2v) is 5.26. The minimum atomic E-state index is -0.333. The summed E-state index contributed by atoms with van der Waals surface area (Å²) in [6, 6.07) is 7.08. The van der Waals surface area contributed by atoms with Crippen LogP contribution >= 0.6 is 24.0 Å². The van der Waals surface area contributed by atoms with E-state index in [1.54, 1.807) is 12.1 Å². The van der Waals surface area contributed by atoms with Crippen LogP contribution in [0.5, 0.6) is 0 Å². The first kappa shape index (κ1) is 13.2. The molecule has 2 rings (SSSR count). The maximum Gasteiger partial charge on any atom is 0.337 e. The van der Waals surface area contributed by atoms with Crippen molar-refractivity contribution < 1.29 is 9.53 Å². The number of thioether (sulfide) groups is 1. The molecule has 1 heterocycles. The molecule has 1 saturated heterocycles. The number of thiocarbonyl (C=S) groups is 1.